The minimum absolute atomic E-state index is 0.389. The molecule has 13 heavy (non-hydrogen) atoms. The van der Waals surface area contributed by atoms with Crippen molar-refractivity contribution in [3.63, 3.8) is 0 Å². The van der Waals surface area contributed by atoms with Crippen LogP contribution >= 0.6 is 0 Å². The Labute approximate surface area is 79.8 Å². The number of rotatable bonds is 5. The molecule has 76 valence electrons. The van der Waals surface area contributed by atoms with Crippen LogP contribution in [0.25, 0.3) is 0 Å². The van der Waals surface area contributed by atoms with Crippen LogP contribution in [0.15, 0.2) is 16.8 Å². The molecule has 0 aromatic heterocycles. The zero-order chi connectivity index (χ0) is 10.3. The Morgan fingerprint density at radius 2 is 2.08 bits per heavy atom. The van der Waals surface area contributed by atoms with E-state index in [4.69, 9.17) is 5.21 Å². The minimum atomic E-state index is -0.766. The van der Waals surface area contributed by atoms with E-state index >= 15 is 0 Å². The third-order valence-corrected chi connectivity index (χ3v) is 1.85. The van der Waals surface area contributed by atoms with Crippen molar-refractivity contribution in [2.75, 3.05) is 0 Å². The van der Waals surface area contributed by atoms with Crippen molar-refractivity contribution < 1.29 is 10.3 Å². The number of hydrogen-bond acceptors (Lipinski definition) is 3. The largest absolute Gasteiger partial charge is 0.411 e. The lowest BCUT2D eigenvalue weighted by Crippen LogP contribution is -2.24. The second-order valence-corrected chi connectivity index (χ2v) is 3.82. The number of aliphatic hydroxyl groups is 1. The van der Waals surface area contributed by atoms with Crippen LogP contribution in [0.5, 0.6) is 0 Å². The predicted molar refractivity (Wildman–Crippen MR) is 54.2 cm³/mol. The van der Waals surface area contributed by atoms with Gasteiger partial charge in [0, 0.05) is 12.6 Å². The summed E-state index contributed by atoms with van der Waals surface area (Å²) in [5, 5.41) is 20.8. The molecule has 0 saturated heterocycles. The Hall–Kier alpha value is -0.830. The van der Waals surface area contributed by atoms with Gasteiger partial charge in [-0.05, 0) is 33.6 Å². The van der Waals surface area contributed by atoms with Crippen LogP contribution in [-0.2, 0) is 0 Å². The molecule has 0 bridgehead atoms. The Balaban J connectivity index is 3.81. The Bertz CT molecular complexity index is 191. The lowest BCUT2D eigenvalue weighted by molar-refractivity contribution is 0.0599. The summed E-state index contributed by atoms with van der Waals surface area (Å²) in [6.45, 7) is 5.81. The molecule has 3 heteroatoms. The fourth-order valence-electron chi connectivity index (χ4n) is 1.01. The van der Waals surface area contributed by atoms with Crippen molar-refractivity contribution in [3.05, 3.63) is 11.6 Å². The van der Waals surface area contributed by atoms with Crippen molar-refractivity contribution in [2.24, 2.45) is 5.16 Å². The second-order valence-electron chi connectivity index (χ2n) is 3.82. The van der Waals surface area contributed by atoms with Crippen LogP contribution in [0.4, 0.5) is 0 Å². The first-order chi connectivity index (χ1) is 5.98. The molecule has 0 aromatic carbocycles. The molecule has 1 unspecified atom stereocenters. The summed E-state index contributed by atoms with van der Waals surface area (Å²) in [7, 11) is 0. The summed E-state index contributed by atoms with van der Waals surface area (Å²) in [6, 6.07) is 0. The van der Waals surface area contributed by atoms with Gasteiger partial charge in [-0.1, -0.05) is 11.6 Å². The van der Waals surface area contributed by atoms with Crippen molar-refractivity contribution >= 4 is 6.21 Å². The summed E-state index contributed by atoms with van der Waals surface area (Å²) in [6.07, 6.45) is 5.34. The smallest absolute Gasteiger partial charge is 0.0673 e. The zero-order valence-corrected chi connectivity index (χ0v) is 8.62. The van der Waals surface area contributed by atoms with Gasteiger partial charge < -0.3 is 10.3 Å². The molecule has 0 heterocycles. The van der Waals surface area contributed by atoms with Gasteiger partial charge in [0.15, 0.2) is 0 Å². The van der Waals surface area contributed by atoms with Crippen molar-refractivity contribution in [3.8, 4) is 0 Å². The van der Waals surface area contributed by atoms with Crippen LogP contribution in [0.1, 0.15) is 40.0 Å². The van der Waals surface area contributed by atoms with Crippen LogP contribution in [0, 0.1) is 0 Å². The maximum atomic E-state index is 9.73. The molecule has 0 aliphatic rings. The highest BCUT2D eigenvalue weighted by Gasteiger charge is 2.17. The number of hydrogen-bond donors (Lipinski definition) is 2. The third kappa shape index (κ3) is 7.53. The fraction of sp³-hybridized carbons (Fsp3) is 0.700. The van der Waals surface area contributed by atoms with Crippen LogP contribution < -0.4 is 0 Å². The van der Waals surface area contributed by atoms with E-state index in [1.165, 1.54) is 11.8 Å². The van der Waals surface area contributed by atoms with Crippen molar-refractivity contribution in [1.82, 2.24) is 0 Å². The van der Waals surface area contributed by atoms with Gasteiger partial charge in [-0.2, -0.15) is 0 Å². The zero-order valence-electron chi connectivity index (χ0n) is 8.62. The molecule has 0 fully saturated rings. The fourth-order valence-corrected chi connectivity index (χ4v) is 1.01. The van der Waals surface area contributed by atoms with Crippen LogP contribution in [0.2, 0.25) is 0 Å². The van der Waals surface area contributed by atoms with E-state index in [-0.39, 0.29) is 0 Å². The lowest BCUT2D eigenvalue weighted by Gasteiger charge is -2.19. The maximum absolute atomic E-state index is 9.73. The molecule has 3 nitrogen and oxygen atoms in total. The van der Waals surface area contributed by atoms with Crippen molar-refractivity contribution in [1.29, 1.82) is 0 Å². The van der Waals surface area contributed by atoms with E-state index in [1.54, 1.807) is 6.92 Å². The average molecular weight is 185 g/mol. The first kappa shape index (κ1) is 12.2. The minimum Gasteiger partial charge on any atom is -0.411 e. The summed E-state index contributed by atoms with van der Waals surface area (Å²) >= 11 is 0. The van der Waals surface area contributed by atoms with Gasteiger partial charge in [-0.15, -0.1) is 5.16 Å². The molecule has 0 rings (SSSR count). The highest BCUT2D eigenvalue weighted by atomic mass is 16.4. The summed E-state index contributed by atoms with van der Waals surface area (Å²) in [4.78, 5) is 0. The SMILES string of the molecule is CC(C)=CCCC(C)(O)CC=NO. The molecular formula is C10H19NO2. The predicted octanol–water partition coefficient (Wildman–Crippen LogP) is 2.33. The van der Waals surface area contributed by atoms with Crippen LogP contribution in [0.3, 0.4) is 0 Å². The molecule has 1 atom stereocenters. The van der Waals surface area contributed by atoms with E-state index in [0.29, 0.717) is 12.8 Å². The van der Waals surface area contributed by atoms with Gasteiger partial charge in [-0.3, -0.25) is 0 Å². The third-order valence-electron chi connectivity index (χ3n) is 1.85. The van der Waals surface area contributed by atoms with Gasteiger partial charge in [0.2, 0.25) is 0 Å². The van der Waals surface area contributed by atoms with E-state index < -0.39 is 5.60 Å². The van der Waals surface area contributed by atoms with Crippen LogP contribution in [-0.4, -0.2) is 22.1 Å². The molecular weight excluding hydrogens is 166 g/mol. The van der Waals surface area contributed by atoms with E-state index in [1.807, 2.05) is 13.8 Å². The van der Waals surface area contributed by atoms with E-state index in [2.05, 4.69) is 11.2 Å². The van der Waals surface area contributed by atoms with Gasteiger partial charge >= 0.3 is 0 Å². The van der Waals surface area contributed by atoms with Gasteiger partial charge in [0.1, 0.15) is 0 Å². The normalized spacial score (nSPS) is 15.7. The van der Waals surface area contributed by atoms with Crippen molar-refractivity contribution in [2.45, 2.75) is 45.6 Å². The molecule has 0 aliphatic carbocycles. The molecule has 0 aromatic rings. The van der Waals surface area contributed by atoms with Gasteiger partial charge in [0.05, 0.1) is 5.60 Å². The lowest BCUT2D eigenvalue weighted by atomic mass is 9.96. The summed E-state index contributed by atoms with van der Waals surface area (Å²) in [5.41, 5.74) is 0.490. The summed E-state index contributed by atoms with van der Waals surface area (Å²) in [5.74, 6) is 0. The Kier molecular flexibility index (Phi) is 5.39. The second kappa shape index (κ2) is 5.75. The highest BCUT2D eigenvalue weighted by molar-refractivity contribution is 5.57. The number of allylic oxidation sites excluding steroid dienone is 2. The monoisotopic (exact) mass is 185 g/mol. The van der Waals surface area contributed by atoms with Gasteiger partial charge in [0.25, 0.3) is 0 Å². The van der Waals surface area contributed by atoms with Gasteiger partial charge in [-0.25, -0.2) is 0 Å². The topological polar surface area (TPSA) is 52.8 Å². The van der Waals surface area contributed by atoms with E-state index in [0.717, 1.165) is 6.42 Å². The molecule has 0 spiro atoms. The number of oxime groups is 1. The van der Waals surface area contributed by atoms with E-state index in [9.17, 15) is 5.11 Å². The standard InChI is InChI=1S/C10H19NO2/c1-9(2)5-4-6-10(3,12)7-8-11-13/h5,8,12-13H,4,6-7H2,1-3H3. The molecule has 0 radical (unpaired) electrons. The number of nitrogens with zero attached hydrogens (tertiary/aromatic N) is 1. The quantitative estimate of drug-likeness (QED) is 0.299. The Morgan fingerprint density at radius 3 is 2.54 bits per heavy atom. The summed E-state index contributed by atoms with van der Waals surface area (Å²) < 4.78 is 0. The highest BCUT2D eigenvalue weighted by Crippen LogP contribution is 2.16. The molecule has 0 amide bonds. The Morgan fingerprint density at radius 1 is 1.46 bits per heavy atom. The average Bonchev–Trinajstić information content (AvgIpc) is 2.00. The molecule has 0 saturated carbocycles. The first-order valence-electron chi connectivity index (χ1n) is 4.49. The molecule has 0 aliphatic heterocycles. The first-order valence-corrected chi connectivity index (χ1v) is 4.49. The maximum Gasteiger partial charge on any atom is 0.0673 e. The molecule has 2 N–H and O–H groups in total.